The van der Waals surface area contributed by atoms with Gasteiger partial charge in [-0.05, 0) is 36.8 Å². The average molecular weight is 232 g/mol. The molecular weight excluding hydrogens is 208 g/mol. The lowest BCUT2D eigenvalue weighted by molar-refractivity contribution is 0.425. The highest BCUT2D eigenvalue weighted by Crippen LogP contribution is 2.48. The van der Waals surface area contributed by atoms with Crippen molar-refractivity contribution in [3.63, 3.8) is 0 Å². The zero-order chi connectivity index (χ0) is 12.0. The highest BCUT2D eigenvalue weighted by atomic mass is 15.0. The molecule has 0 heterocycles. The predicted molar refractivity (Wildman–Crippen MR) is 74.4 cm³/mol. The number of benzene rings is 1. The SMILES string of the molecule is CCCC1(CNCCNc2ccccc2)CC1. The van der Waals surface area contributed by atoms with Crippen molar-refractivity contribution in [2.45, 2.75) is 32.6 Å². The van der Waals surface area contributed by atoms with E-state index in [2.05, 4.69) is 41.8 Å². The minimum absolute atomic E-state index is 0.668. The molecule has 0 unspecified atom stereocenters. The molecule has 0 aromatic heterocycles. The van der Waals surface area contributed by atoms with Gasteiger partial charge in [0.05, 0.1) is 0 Å². The summed E-state index contributed by atoms with van der Waals surface area (Å²) in [5.74, 6) is 0. The molecule has 2 heteroatoms. The smallest absolute Gasteiger partial charge is 0.0340 e. The Bertz CT molecular complexity index is 317. The van der Waals surface area contributed by atoms with Crippen LogP contribution < -0.4 is 10.6 Å². The second-order valence-corrected chi connectivity index (χ2v) is 5.22. The Hall–Kier alpha value is -1.02. The molecule has 1 saturated carbocycles. The van der Waals surface area contributed by atoms with Gasteiger partial charge in [0.15, 0.2) is 0 Å². The van der Waals surface area contributed by atoms with Crippen molar-refractivity contribution in [3.05, 3.63) is 30.3 Å². The van der Waals surface area contributed by atoms with E-state index in [1.807, 2.05) is 6.07 Å². The summed E-state index contributed by atoms with van der Waals surface area (Å²) < 4.78 is 0. The van der Waals surface area contributed by atoms with E-state index in [1.165, 1.54) is 37.9 Å². The third kappa shape index (κ3) is 4.04. The molecule has 1 aromatic rings. The first-order valence-electron chi connectivity index (χ1n) is 6.84. The van der Waals surface area contributed by atoms with Gasteiger partial charge in [-0.2, -0.15) is 0 Å². The Balaban J connectivity index is 1.55. The number of hydrogen-bond acceptors (Lipinski definition) is 2. The molecule has 0 amide bonds. The first-order chi connectivity index (χ1) is 8.35. The summed E-state index contributed by atoms with van der Waals surface area (Å²) in [5.41, 5.74) is 1.88. The van der Waals surface area contributed by atoms with Gasteiger partial charge in [-0.15, -0.1) is 0 Å². The first kappa shape index (κ1) is 12.4. The van der Waals surface area contributed by atoms with Gasteiger partial charge in [0, 0.05) is 25.3 Å². The Kier molecular flexibility index (Phi) is 4.43. The zero-order valence-electron chi connectivity index (χ0n) is 10.8. The summed E-state index contributed by atoms with van der Waals surface area (Å²) in [6.45, 7) is 5.56. The minimum atomic E-state index is 0.668. The maximum absolute atomic E-state index is 3.58. The molecule has 0 radical (unpaired) electrons. The van der Waals surface area contributed by atoms with Crippen molar-refractivity contribution >= 4 is 5.69 Å². The highest BCUT2D eigenvalue weighted by molar-refractivity contribution is 5.42. The van der Waals surface area contributed by atoms with Crippen molar-refractivity contribution in [3.8, 4) is 0 Å². The van der Waals surface area contributed by atoms with Crippen LogP contribution in [0.2, 0.25) is 0 Å². The van der Waals surface area contributed by atoms with Gasteiger partial charge < -0.3 is 10.6 Å². The van der Waals surface area contributed by atoms with Crippen LogP contribution >= 0.6 is 0 Å². The third-order valence-electron chi connectivity index (χ3n) is 3.64. The summed E-state index contributed by atoms with van der Waals surface area (Å²) in [6.07, 6.45) is 5.58. The van der Waals surface area contributed by atoms with E-state index in [0.29, 0.717) is 5.41 Å². The first-order valence-corrected chi connectivity index (χ1v) is 6.84. The van der Waals surface area contributed by atoms with Gasteiger partial charge >= 0.3 is 0 Å². The van der Waals surface area contributed by atoms with Crippen LogP contribution in [-0.4, -0.2) is 19.6 Å². The number of nitrogens with one attached hydrogen (secondary N) is 2. The molecule has 0 saturated heterocycles. The van der Waals surface area contributed by atoms with Gasteiger partial charge in [-0.3, -0.25) is 0 Å². The molecule has 0 spiro atoms. The van der Waals surface area contributed by atoms with Crippen molar-refractivity contribution in [2.24, 2.45) is 5.41 Å². The Morgan fingerprint density at radius 1 is 1.12 bits per heavy atom. The van der Waals surface area contributed by atoms with E-state index in [-0.39, 0.29) is 0 Å². The van der Waals surface area contributed by atoms with E-state index in [9.17, 15) is 0 Å². The maximum atomic E-state index is 3.58. The Morgan fingerprint density at radius 3 is 2.53 bits per heavy atom. The van der Waals surface area contributed by atoms with Crippen LogP contribution in [0.5, 0.6) is 0 Å². The molecule has 2 nitrogen and oxygen atoms in total. The summed E-state index contributed by atoms with van der Waals surface area (Å²) in [4.78, 5) is 0. The molecule has 17 heavy (non-hydrogen) atoms. The summed E-state index contributed by atoms with van der Waals surface area (Å²) in [7, 11) is 0. The maximum Gasteiger partial charge on any atom is 0.0340 e. The number of anilines is 1. The summed E-state index contributed by atoms with van der Waals surface area (Å²) in [6, 6.07) is 10.4. The Morgan fingerprint density at radius 2 is 1.88 bits per heavy atom. The lowest BCUT2D eigenvalue weighted by Gasteiger charge is -2.15. The van der Waals surface area contributed by atoms with Crippen LogP contribution in [0.1, 0.15) is 32.6 Å². The molecule has 2 N–H and O–H groups in total. The van der Waals surface area contributed by atoms with Crippen molar-refractivity contribution in [2.75, 3.05) is 25.0 Å². The fraction of sp³-hybridized carbons (Fsp3) is 0.600. The standard InChI is InChI=1S/C15H24N2/c1-2-8-15(9-10-15)13-16-11-12-17-14-6-4-3-5-7-14/h3-7,16-17H,2,8-13H2,1H3. The molecule has 2 rings (SSSR count). The largest absolute Gasteiger partial charge is 0.384 e. The van der Waals surface area contributed by atoms with Crippen LogP contribution in [0.4, 0.5) is 5.69 Å². The summed E-state index contributed by atoms with van der Waals surface area (Å²) in [5, 5.41) is 7.00. The quantitative estimate of drug-likeness (QED) is 0.672. The van der Waals surface area contributed by atoms with Crippen molar-refractivity contribution in [1.29, 1.82) is 0 Å². The Labute approximate surface area is 105 Å². The number of para-hydroxylation sites is 1. The lowest BCUT2D eigenvalue weighted by atomic mass is 10.0. The van der Waals surface area contributed by atoms with E-state index < -0.39 is 0 Å². The fourth-order valence-electron chi connectivity index (χ4n) is 2.43. The van der Waals surface area contributed by atoms with Crippen molar-refractivity contribution in [1.82, 2.24) is 5.32 Å². The van der Waals surface area contributed by atoms with E-state index in [4.69, 9.17) is 0 Å². The summed E-state index contributed by atoms with van der Waals surface area (Å²) >= 11 is 0. The molecule has 1 fully saturated rings. The van der Waals surface area contributed by atoms with Crippen LogP contribution in [-0.2, 0) is 0 Å². The number of hydrogen-bond donors (Lipinski definition) is 2. The normalized spacial score (nSPS) is 16.8. The second kappa shape index (κ2) is 6.06. The number of rotatable bonds is 8. The third-order valence-corrected chi connectivity index (χ3v) is 3.64. The highest BCUT2D eigenvalue weighted by Gasteiger charge is 2.40. The topological polar surface area (TPSA) is 24.1 Å². The van der Waals surface area contributed by atoms with Crippen LogP contribution in [0.15, 0.2) is 30.3 Å². The van der Waals surface area contributed by atoms with E-state index in [0.717, 1.165) is 13.1 Å². The van der Waals surface area contributed by atoms with Gasteiger partial charge in [0.25, 0.3) is 0 Å². The minimum Gasteiger partial charge on any atom is -0.384 e. The molecule has 94 valence electrons. The molecule has 0 bridgehead atoms. The van der Waals surface area contributed by atoms with Gasteiger partial charge in [-0.1, -0.05) is 31.5 Å². The molecular formula is C15H24N2. The van der Waals surface area contributed by atoms with Gasteiger partial charge in [0.1, 0.15) is 0 Å². The molecule has 0 atom stereocenters. The molecule has 0 aliphatic heterocycles. The second-order valence-electron chi connectivity index (χ2n) is 5.22. The molecule has 1 aliphatic rings. The predicted octanol–water partition coefficient (Wildman–Crippen LogP) is 3.27. The van der Waals surface area contributed by atoms with Crippen LogP contribution in [0.3, 0.4) is 0 Å². The van der Waals surface area contributed by atoms with Crippen LogP contribution in [0, 0.1) is 5.41 Å². The lowest BCUT2D eigenvalue weighted by Crippen LogP contribution is -2.28. The van der Waals surface area contributed by atoms with Gasteiger partial charge in [0.2, 0.25) is 0 Å². The van der Waals surface area contributed by atoms with Crippen molar-refractivity contribution < 1.29 is 0 Å². The molecule has 1 aromatic carbocycles. The average Bonchev–Trinajstić information content (AvgIpc) is 3.11. The van der Waals surface area contributed by atoms with Crippen LogP contribution in [0.25, 0.3) is 0 Å². The zero-order valence-corrected chi connectivity index (χ0v) is 10.8. The van der Waals surface area contributed by atoms with Gasteiger partial charge in [-0.25, -0.2) is 0 Å². The van der Waals surface area contributed by atoms with E-state index >= 15 is 0 Å². The monoisotopic (exact) mass is 232 g/mol. The fourth-order valence-corrected chi connectivity index (χ4v) is 2.43. The van der Waals surface area contributed by atoms with E-state index in [1.54, 1.807) is 0 Å². The molecule has 1 aliphatic carbocycles.